The molecule has 8 heteroatoms. The second-order valence-corrected chi connectivity index (χ2v) is 9.27. The molecule has 1 saturated heterocycles. The molecule has 1 amide bonds. The maximum Gasteiger partial charge on any atom is 0.249 e. The van der Waals surface area contributed by atoms with Crippen molar-refractivity contribution in [3.8, 4) is 11.5 Å². The Kier molecular flexibility index (Phi) is 10.2. The monoisotopic (exact) mass is 515 g/mol. The summed E-state index contributed by atoms with van der Waals surface area (Å²) in [6.45, 7) is 13.6. The lowest BCUT2D eigenvalue weighted by molar-refractivity contribution is -0.118. The number of carbonyl (C=O) groups excluding carboxylic acids is 1. The Labute approximate surface area is 220 Å². The highest BCUT2D eigenvalue weighted by Gasteiger charge is 2.29. The van der Waals surface area contributed by atoms with E-state index >= 15 is 0 Å². The molecular weight excluding hydrogens is 478 g/mol. The molecule has 1 fully saturated rings. The Balaban J connectivity index is 0.00000361. The summed E-state index contributed by atoms with van der Waals surface area (Å²) in [5.41, 5.74) is 4.59. The molecule has 196 valence electrons. The summed E-state index contributed by atoms with van der Waals surface area (Å²) < 4.78 is 17.1. The zero-order valence-corrected chi connectivity index (χ0v) is 22.5. The summed E-state index contributed by atoms with van der Waals surface area (Å²) in [7, 11) is 0. The number of benzodiazepines with no additional fused rings is 1. The molecule has 0 aromatic heterocycles. The number of halogens is 1. The van der Waals surface area contributed by atoms with Crippen molar-refractivity contribution in [2.75, 3.05) is 51.4 Å². The predicted octanol–water partition coefficient (Wildman–Crippen LogP) is 4.59. The summed E-state index contributed by atoms with van der Waals surface area (Å²) >= 11 is 0. The van der Waals surface area contributed by atoms with E-state index in [9.17, 15) is 4.79 Å². The topological polar surface area (TPSA) is 72.4 Å². The van der Waals surface area contributed by atoms with Crippen LogP contribution in [0.2, 0.25) is 0 Å². The number of fused-ring (bicyclic) bond motifs is 1. The van der Waals surface area contributed by atoms with Crippen molar-refractivity contribution < 1.29 is 19.0 Å². The molecule has 1 atom stereocenters. The van der Waals surface area contributed by atoms with Crippen LogP contribution in [0.3, 0.4) is 0 Å². The highest BCUT2D eigenvalue weighted by Crippen LogP contribution is 2.37. The molecule has 4 rings (SSSR count). The number of anilines is 1. The quantitative estimate of drug-likeness (QED) is 0.528. The molecule has 0 aliphatic carbocycles. The van der Waals surface area contributed by atoms with Gasteiger partial charge in [0.25, 0.3) is 0 Å². The van der Waals surface area contributed by atoms with E-state index in [0.29, 0.717) is 30.4 Å². The maximum absolute atomic E-state index is 13.1. The van der Waals surface area contributed by atoms with Gasteiger partial charge < -0.3 is 19.5 Å². The lowest BCUT2D eigenvalue weighted by Crippen LogP contribution is -2.37. The van der Waals surface area contributed by atoms with Gasteiger partial charge in [-0.05, 0) is 37.8 Å². The molecule has 36 heavy (non-hydrogen) atoms. The van der Waals surface area contributed by atoms with Gasteiger partial charge in [-0.15, -0.1) is 12.4 Å². The Hall–Kier alpha value is -2.61. The third kappa shape index (κ3) is 6.58. The molecule has 0 saturated carbocycles. The lowest BCUT2D eigenvalue weighted by atomic mass is 9.98. The first-order chi connectivity index (χ1) is 17.0. The van der Waals surface area contributed by atoms with E-state index in [1.165, 1.54) is 5.56 Å². The summed E-state index contributed by atoms with van der Waals surface area (Å²) in [5.74, 6) is 1.23. The van der Waals surface area contributed by atoms with E-state index < -0.39 is 6.04 Å². The molecule has 2 heterocycles. The van der Waals surface area contributed by atoms with Crippen molar-refractivity contribution in [1.29, 1.82) is 0 Å². The zero-order chi connectivity index (χ0) is 24.8. The Morgan fingerprint density at radius 1 is 1.06 bits per heavy atom. The van der Waals surface area contributed by atoms with Crippen LogP contribution in [0.1, 0.15) is 44.4 Å². The Bertz CT molecular complexity index is 1050. The summed E-state index contributed by atoms with van der Waals surface area (Å²) in [4.78, 5) is 20.5. The third-order valence-corrected chi connectivity index (χ3v) is 6.41. The summed E-state index contributed by atoms with van der Waals surface area (Å²) in [6, 6.07) is 11.9. The molecule has 7 nitrogen and oxygen atoms in total. The van der Waals surface area contributed by atoms with Gasteiger partial charge in [0, 0.05) is 36.8 Å². The van der Waals surface area contributed by atoms with E-state index in [4.69, 9.17) is 19.2 Å². The Morgan fingerprint density at radius 2 is 1.69 bits per heavy atom. The van der Waals surface area contributed by atoms with Gasteiger partial charge in [-0.1, -0.05) is 38.1 Å². The van der Waals surface area contributed by atoms with Crippen LogP contribution < -0.4 is 14.8 Å². The van der Waals surface area contributed by atoms with Gasteiger partial charge >= 0.3 is 0 Å². The largest absolute Gasteiger partial charge is 0.490 e. The first-order valence-corrected chi connectivity index (χ1v) is 12.7. The second kappa shape index (κ2) is 13.1. The molecule has 2 aliphatic rings. The fourth-order valence-electron chi connectivity index (χ4n) is 4.49. The molecule has 1 N–H and O–H groups in total. The average molecular weight is 516 g/mol. The highest BCUT2D eigenvalue weighted by molar-refractivity contribution is 6.20. The number of hydrogen-bond donors (Lipinski definition) is 1. The van der Waals surface area contributed by atoms with Gasteiger partial charge in [0.2, 0.25) is 5.91 Å². The van der Waals surface area contributed by atoms with E-state index in [0.717, 1.165) is 56.1 Å². The van der Waals surface area contributed by atoms with Crippen molar-refractivity contribution in [2.24, 2.45) is 10.9 Å². The summed E-state index contributed by atoms with van der Waals surface area (Å²) in [5, 5.41) is 3.08. The normalized spacial score (nSPS) is 18.0. The van der Waals surface area contributed by atoms with E-state index in [1.54, 1.807) is 0 Å². The molecule has 0 spiro atoms. The molecule has 2 aromatic rings. The predicted molar refractivity (Wildman–Crippen MR) is 146 cm³/mol. The Morgan fingerprint density at radius 3 is 2.31 bits per heavy atom. The number of ether oxygens (including phenoxy) is 3. The third-order valence-electron chi connectivity index (χ3n) is 6.41. The number of morpholine rings is 1. The van der Waals surface area contributed by atoms with Crippen LogP contribution in [0.5, 0.6) is 11.5 Å². The standard InChI is InChI=1S/C28H37N3O4.ClH/c1-5-34-24-17-22-23(18-25(24)35-6-2)29-28(32)26(19(3)4)30-27(22)21-9-7-20(8-10-21)11-12-31-13-15-33-16-14-31;/h7-10,17-19,26H,5-6,11-16H2,1-4H3,(H,29,32);1H. The minimum Gasteiger partial charge on any atom is -0.490 e. The molecule has 1 unspecified atom stereocenters. The number of benzene rings is 2. The van der Waals surface area contributed by atoms with Gasteiger partial charge in [0.15, 0.2) is 11.5 Å². The minimum atomic E-state index is -0.482. The van der Waals surface area contributed by atoms with Crippen LogP contribution in [-0.2, 0) is 16.0 Å². The number of aliphatic imine (C=N–C) groups is 1. The lowest BCUT2D eigenvalue weighted by Gasteiger charge is -2.26. The number of nitrogens with zero attached hydrogens (tertiary/aromatic N) is 2. The van der Waals surface area contributed by atoms with Crippen molar-refractivity contribution in [2.45, 2.75) is 40.2 Å². The average Bonchev–Trinajstić information content (AvgIpc) is 3.00. The number of hydrogen-bond acceptors (Lipinski definition) is 6. The van der Waals surface area contributed by atoms with E-state index in [2.05, 4.69) is 34.5 Å². The smallest absolute Gasteiger partial charge is 0.249 e. The van der Waals surface area contributed by atoms with Crippen LogP contribution in [0.15, 0.2) is 41.4 Å². The number of carbonyl (C=O) groups is 1. The summed E-state index contributed by atoms with van der Waals surface area (Å²) in [6.07, 6.45) is 0.990. The first kappa shape index (κ1) is 28.0. The van der Waals surface area contributed by atoms with Crippen LogP contribution in [-0.4, -0.2) is 68.6 Å². The molecule has 0 bridgehead atoms. The number of rotatable bonds is 9. The van der Waals surface area contributed by atoms with Crippen LogP contribution in [0.4, 0.5) is 5.69 Å². The number of nitrogens with one attached hydrogen (secondary N) is 1. The number of amides is 1. The van der Waals surface area contributed by atoms with E-state index in [1.807, 2.05) is 39.8 Å². The van der Waals surface area contributed by atoms with Crippen molar-refractivity contribution in [1.82, 2.24) is 4.90 Å². The van der Waals surface area contributed by atoms with Gasteiger partial charge in [0.1, 0.15) is 6.04 Å². The van der Waals surface area contributed by atoms with Gasteiger partial charge in [-0.25, -0.2) is 0 Å². The van der Waals surface area contributed by atoms with Gasteiger partial charge in [0.05, 0.1) is 37.8 Å². The molecule has 0 radical (unpaired) electrons. The SMILES string of the molecule is CCOc1cc2c(cc1OCC)C(c1ccc(CCN3CCOCC3)cc1)=NC(C(C)C)C(=O)N2.Cl. The van der Waals surface area contributed by atoms with E-state index in [-0.39, 0.29) is 24.2 Å². The second-order valence-electron chi connectivity index (χ2n) is 9.27. The van der Waals surface area contributed by atoms with Crippen molar-refractivity contribution >= 4 is 29.7 Å². The van der Waals surface area contributed by atoms with Gasteiger partial charge in [-0.2, -0.15) is 0 Å². The van der Waals surface area contributed by atoms with Gasteiger partial charge in [-0.3, -0.25) is 14.7 Å². The molecule has 2 aliphatic heterocycles. The van der Waals surface area contributed by atoms with Crippen molar-refractivity contribution in [3.05, 3.63) is 53.1 Å². The van der Waals surface area contributed by atoms with Crippen LogP contribution in [0, 0.1) is 5.92 Å². The van der Waals surface area contributed by atoms with Crippen molar-refractivity contribution in [3.63, 3.8) is 0 Å². The zero-order valence-electron chi connectivity index (χ0n) is 21.7. The molecule has 2 aromatic carbocycles. The van der Waals surface area contributed by atoms with Crippen LogP contribution >= 0.6 is 12.4 Å². The fraction of sp³-hybridized carbons (Fsp3) is 0.500. The fourth-order valence-corrected chi connectivity index (χ4v) is 4.49. The minimum absolute atomic E-state index is 0. The first-order valence-electron chi connectivity index (χ1n) is 12.7. The molecular formula is C28H38ClN3O4. The maximum atomic E-state index is 13.1. The highest BCUT2D eigenvalue weighted by atomic mass is 35.5. The van der Waals surface area contributed by atoms with Crippen LogP contribution in [0.25, 0.3) is 0 Å².